The van der Waals surface area contributed by atoms with Crippen molar-refractivity contribution in [3.63, 3.8) is 0 Å². The molecule has 0 bridgehead atoms. The Morgan fingerprint density at radius 2 is 1.72 bits per heavy atom. The lowest BCUT2D eigenvalue weighted by Gasteiger charge is -2.31. The van der Waals surface area contributed by atoms with Crippen LogP contribution >= 0.6 is 23.2 Å². The number of hydrogen-bond donors (Lipinski definition) is 1. The van der Waals surface area contributed by atoms with E-state index in [-0.39, 0.29) is 11.8 Å². The van der Waals surface area contributed by atoms with Crippen LogP contribution in [-0.2, 0) is 17.9 Å². The minimum absolute atomic E-state index is 0.0870. The number of benzene rings is 2. The molecule has 25 heavy (non-hydrogen) atoms. The molecule has 0 aromatic heterocycles. The molecule has 3 rings (SSSR count). The van der Waals surface area contributed by atoms with Crippen LogP contribution in [0.15, 0.2) is 48.5 Å². The van der Waals surface area contributed by atoms with Gasteiger partial charge in [-0.2, -0.15) is 0 Å². The zero-order valence-electron chi connectivity index (χ0n) is 14.1. The summed E-state index contributed by atoms with van der Waals surface area (Å²) >= 11 is 12.1. The van der Waals surface area contributed by atoms with E-state index in [4.69, 9.17) is 23.2 Å². The molecule has 0 spiro atoms. The summed E-state index contributed by atoms with van der Waals surface area (Å²) in [5, 5.41) is 4.48. The SMILES string of the molecule is O=C(NCc1ccccc1Cl)C1CCN(Cc2ccc(Cl)cc2)CC1. The van der Waals surface area contributed by atoms with Crippen LogP contribution in [0.1, 0.15) is 24.0 Å². The number of rotatable bonds is 5. The van der Waals surface area contributed by atoms with Crippen LogP contribution in [0.25, 0.3) is 0 Å². The highest BCUT2D eigenvalue weighted by atomic mass is 35.5. The lowest BCUT2D eigenvalue weighted by Crippen LogP contribution is -2.40. The minimum atomic E-state index is 0.0870. The summed E-state index contributed by atoms with van der Waals surface area (Å²) in [5.74, 6) is 0.218. The Hall–Kier alpha value is -1.55. The molecule has 3 nitrogen and oxygen atoms in total. The summed E-state index contributed by atoms with van der Waals surface area (Å²) in [6.07, 6.45) is 1.78. The molecule has 0 aliphatic carbocycles. The lowest BCUT2D eigenvalue weighted by molar-refractivity contribution is -0.126. The van der Waals surface area contributed by atoms with E-state index < -0.39 is 0 Å². The van der Waals surface area contributed by atoms with Crippen LogP contribution < -0.4 is 5.32 Å². The van der Waals surface area contributed by atoms with Crippen LogP contribution in [0.4, 0.5) is 0 Å². The molecular formula is C20H22Cl2N2O. The quantitative estimate of drug-likeness (QED) is 0.831. The second-order valence-corrected chi connectivity index (χ2v) is 7.33. The van der Waals surface area contributed by atoms with Gasteiger partial charge in [0.15, 0.2) is 0 Å². The van der Waals surface area contributed by atoms with Crippen LogP contribution in [0, 0.1) is 5.92 Å². The van der Waals surface area contributed by atoms with Gasteiger partial charge in [-0.25, -0.2) is 0 Å². The molecule has 1 fully saturated rings. The first-order valence-corrected chi connectivity index (χ1v) is 9.35. The summed E-state index contributed by atoms with van der Waals surface area (Å²) < 4.78 is 0. The fourth-order valence-electron chi connectivity index (χ4n) is 3.17. The number of nitrogens with one attached hydrogen (secondary N) is 1. The number of amides is 1. The molecule has 0 unspecified atom stereocenters. The molecule has 1 amide bonds. The molecule has 1 aliphatic heterocycles. The molecule has 5 heteroatoms. The second-order valence-electron chi connectivity index (χ2n) is 6.49. The number of carbonyl (C=O) groups is 1. The fourth-order valence-corrected chi connectivity index (χ4v) is 3.50. The first-order chi connectivity index (χ1) is 12.1. The Balaban J connectivity index is 1.44. The fraction of sp³-hybridized carbons (Fsp3) is 0.350. The first-order valence-electron chi connectivity index (χ1n) is 8.60. The van der Waals surface area contributed by atoms with E-state index in [1.807, 2.05) is 36.4 Å². The predicted molar refractivity (Wildman–Crippen MR) is 103 cm³/mol. The number of likely N-dealkylation sites (tertiary alicyclic amines) is 1. The number of carbonyl (C=O) groups excluding carboxylic acids is 1. The molecule has 1 saturated heterocycles. The van der Waals surface area contributed by atoms with Gasteiger partial charge in [0, 0.05) is 29.1 Å². The highest BCUT2D eigenvalue weighted by Gasteiger charge is 2.24. The van der Waals surface area contributed by atoms with E-state index in [1.165, 1.54) is 5.56 Å². The van der Waals surface area contributed by atoms with E-state index in [1.54, 1.807) is 0 Å². The molecule has 2 aromatic rings. The Labute approximate surface area is 158 Å². The van der Waals surface area contributed by atoms with Gasteiger partial charge >= 0.3 is 0 Å². The number of nitrogens with zero attached hydrogens (tertiary/aromatic N) is 1. The highest BCUT2D eigenvalue weighted by molar-refractivity contribution is 6.31. The third-order valence-electron chi connectivity index (χ3n) is 4.69. The number of hydrogen-bond acceptors (Lipinski definition) is 2. The predicted octanol–water partition coefficient (Wildman–Crippen LogP) is 4.52. The zero-order valence-corrected chi connectivity index (χ0v) is 15.6. The summed E-state index contributed by atoms with van der Waals surface area (Å²) in [4.78, 5) is 14.8. The Kier molecular flexibility index (Phi) is 6.35. The van der Waals surface area contributed by atoms with Crippen molar-refractivity contribution in [2.24, 2.45) is 5.92 Å². The van der Waals surface area contributed by atoms with E-state index >= 15 is 0 Å². The van der Waals surface area contributed by atoms with Crippen molar-refractivity contribution in [2.45, 2.75) is 25.9 Å². The van der Waals surface area contributed by atoms with Gasteiger partial charge in [-0.05, 0) is 55.3 Å². The van der Waals surface area contributed by atoms with Gasteiger partial charge in [-0.1, -0.05) is 53.5 Å². The summed E-state index contributed by atoms with van der Waals surface area (Å²) in [5.41, 5.74) is 2.21. The maximum Gasteiger partial charge on any atom is 0.223 e. The maximum atomic E-state index is 12.4. The van der Waals surface area contributed by atoms with E-state index in [0.29, 0.717) is 11.6 Å². The average Bonchev–Trinajstić information content (AvgIpc) is 2.63. The lowest BCUT2D eigenvalue weighted by atomic mass is 9.95. The summed E-state index contributed by atoms with van der Waals surface area (Å²) in [6, 6.07) is 15.6. The third-order valence-corrected chi connectivity index (χ3v) is 5.31. The molecule has 1 aliphatic rings. The Bertz CT molecular complexity index is 710. The van der Waals surface area contributed by atoms with Crippen LogP contribution in [0.3, 0.4) is 0 Å². The van der Waals surface area contributed by atoms with Crippen molar-refractivity contribution in [3.8, 4) is 0 Å². The molecule has 1 heterocycles. The second kappa shape index (κ2) is 8.70. The van der Waals surface area contributed by atoms with Gasteiger partial charge in [0.2, 0.25) is 5.91 Å². The van der Waals surface area contributed by atoms with Gasteiger partial charge in [0.05, 0.1) is 0 Å². The third kappa shape index (κ3) is 5.21. The van der Waals surface area contributed by atoms with Gasteiger partial charge in [-0.15, -0.1) is 0 Å². The van der Waals surface area contributed by atoms with Crippen LogP contribution in [0.2, 0.25) is 10.0 Å². The molecule has 1 N–H and O–H groups in total. The average molecular weight is 377 g/mol. The zero-order chi connectivity index (χ0) is 17.6. The number of halogens is 2. The van der Waals surface area contributed by atoms with Crippen molar-refractivity contribution in [1.29, 1.82) is 0 Å². The first kappa shape index (κ1) is 18.2. The minimum Gasteiger partial charge on any atom is -0.352 e. The summed E-state index contributed by atoms with van der Waals surface area (Å²) in [6.45, 7) is 3.27. The van der Waals surface area contributed by atoms with Gasteiger partial charge in [-0.3, -0.25) is 9.69 Å². The maximum absolute atomic E-state index is 12.4. The molecule has 132 valence electrons. The van der Waals surface area contributed by atoms with Gasteiger partial charge in [0.1, 0.15) is 0 Å². The normalized spacial score (nSPS) is 15.9. The summed E-state index contributed by atoms with van der Waals surface area (Å²) in [7, 11) is 0. The van der Waals surface area contributed by atoms with E-state index in [9.17, 15) is 4.79 Å². The van der Waals surface area contributed by atoms with Crippen molar-refractivity contribution >= 4 is 29.1 Å². The molecule has 0 radical (unpaired) electrons. The Morgan fingerprint density at radius 3 is 2.40 bits per heavy atom. The van der Waals surface area contributed by atoms with Crippen molar-refractivity contribution in [3.05, 3.63) is 69.7 Å². The van der Waals surface area contributed by atoms with E-state index in [0.717, 1.165) is 43.1 Å². The monoisotopic (exact) mass is 376 g/mol. The molecule has 0 atom stereocenters. The van der Waals surface area contributed by atoms with E-state index in [2.05, 4.69) is 22.3 Å². The molecular weight excluding hydrogens is 355 g/mol. The Morgan fingerprint density at radius 1 is 1.04 bits per heavy atom. The molecule has 0 saturated carbocycles. The van der Waals surface area contributed by atoms with Crippen molar-refractivity contribution < 1.29 is 4.79 Å². The largest absolute Gasteiger partial charge is 0.352 e. The molecule has 2 aromatic carbocycles. The van der Waals surface area contributed by atoms with Crippen LogP contribution in [0.5, 0.6) is 0 Å². The van der Waals surface area contributed by atoms with Gasteiger partial charge < -0.3 is 5.32 Å². The van der Waals surface area contributed by atoms with Crippen LogP contribution in [-0.4, -0.2) is 23.9 Å². The number of piperidine rings is 1. The smallest absolute Gasteiger partial charge is 0.223 e. The van der Waals surface area contributed by atoms with Crippen molar-refractivity contribution in [2.75, 3.05) is 13.1 Å². The topological polar surface area (TPSA) is 32.3 Å². The van der Waals surface area contributed by atoms with Crippen molar-refractivity contribution in [1.82, 2.24) is 10.2 Å². The highest BCUT2D eigenvalue weighted by Crippen LogP contribution is 2.21. The van der Waals surface area contributed by atoms with Gasteiger partial charge in [0.25, 0.3) is 0 Å². The standard InChI is InChI=1S/C20H22Cl2N2O/c21-18-7-5-15(6-8-18)14-24-11-9-16(10-12-24)20(25)23-13-17-3-1-2-4-19(17)22/h1-8,16H,9-14H2,(H,23,25).